The molecule has 1 heterocycles. The van der Waals surface area contributed by atoms with Crippen LogP contribution < -0.4 is 5.32 Å². The second-order valence-electron chi connectivity index (χ2n) is 6.20. The van der Waals surface area contributed by atoms with Gasteiger partial charge < -0.3 is 10.4 Å². The van der Waals surface area contributed by atoms with Crippen LogP contribution in [0.25, 0.3) is 0 Å². The number of aliphatic carboxylic acids is 1. The molecule has 2 fully saturated rings. The van der Waals surface area contributed by atoms with Gasteiger partial charge in [0.2, 0.25) is 5.82 Å². The number of rotatable bonds is 4. The molecule has 7 heteroatoms. The predicted molar refractivity (Wildman–Crippen MR) is 73.8 cm³/mol. The van der Waals surface area contributed by atoms with Crippen molar-refractivity contribution in [2.24, 2.45) is 5.92 Å². The molecular weight excluding hydrogens is 272 g/mol. The molecule has 114 valence electrons. The van der Waals surface area contributed by atoms with Gasteiger partial charge in [-0.15, -0.1) is 5.10 Å². The Morgan fingerprint density at radius 3 is 2.71 bits per heavy atom. The van der Waals surface area contributed by atoms with Crippen LogP contribution in [0, 0.1) is 5.92 Å². The Labute approximate surface area is 122 Å². The third-order valence-corrected chi connectivity index (χ3v) is 4.69. The smallest absolute Gasteiger partial charge is 0.329 e. The fraction of sp³-hybridized carbons (Fsp3) is 0.714. The predicted octanol–water partition coefficient (Wildman–Crippen LogP) is 1.45. The lowest BCUT2D eigenvalue weighted by atomic mass is 9.73. The van der Waals surface area contributed by atoms with Gasteiger partial charge in [0.1, 0.15) is 11.4 Å². The SMILES string of the molecule is CC1CCCCC1(NC(=O)c1n[nH]c(C2CC2)n1)C(=O)O. The van der Waals surface area contributed by atoms with Gasteiger partial charge in [0.15, 0.2) is 0 Å². The first-order chi connectivity index (χ1) is 10.0. The molecule has 7 nitrogen and oxygen atoms in total. The Balaban J connectivity index is 1.78. The third-order valence-electron chi connectivity index (χ3n) is 4.69. The maximum absolute atomic E-state index is 12.3. The lowest BCUT2D eigenvalue weighted by molar-refractivity contribution is -0.148. The van der Waals surface area contributed by atoms with Crippen molar-refractivity contribution in [3.63, 3.8) is 0 Å². The van der Waals surface area contributed by atoms with Crippen molar-refractivity contribution in [1.29, 1.82) is 0 Å². The average molecular weight is 292 g/mol. The quantitative estimate of drug-likeness (QED) is 0.778. The summed E-state index contributed by atoms with van der Waals surface area (Å²) in [6.07, 6.45) is 5.18. The zero-order chi connectivity index (χ0) is 15.0. The number of amides is 1. The largest absolute Gasteiger partial charge is 0.479 e. The molecule has 2 aliphatic carbocycles. The van der Waals surface area contributed by atoms with Crippen molar-refractivity contribution >= 4 is 11.9 Å². The summed E-state index contributed by atoms with van der Waals surface area (Å²) in [6.45, 7) is 1.88. The highest BCUT2D eigenvalue weighted by atomic mass is 16.4. The molecule has 21 heavy (non-hydrogen) atoms. The number of aromatic amines is 1. The minimum absolute atomic E-state index is 0.0373. The first-order valence-corrected chi connectivity index (χ1v) is 7.51. The van der Waals surface area contributed by atoms with Crippen molar-refractivity contribution in [2.75, 3.05) is 0 Å². The van der Waals surface area contributed by atoms with E-state index in [1.54, 1.807) is 0 Å². The lowest BCUT2D eigenvalue weighted by Gasteiger charge is -2.39. The van der Waals surface area contributed by atoms with Gasteiger partial charge in [0.25, 0.3) is 5.91 Å². The number of aromatic nitrogens is 3. The molecule has 1 aromatic heterocycles. The van der Waals surface area contributed by atoms with Crippen molar-refractivity contribution in [3.05, 3.63) is 11.6 Å². The van der Waals surface area contributed by atoms with Crippen LogP contribution in [0.15, 0.2) is 0 Å². The minimum atomic E-state index is -1.20. The van der Waals surface area contributed by atoms with Crippen molar-refractivity contribution < 1.29 is 14.7 Å². The Bertz CT molecular complexity index is 566. The van der Waals surface area contributed by atoms with Gasteiger partial charge in [0, 0.05) is 5.92 Å². The van der Waals surface area contributed by atoms with Gasteiger partial charge in [-0.25, -0.2) is 9.78 Å². The third kappa shape index (κ3) is 2.52. The molecule has 0 saturated heterocycles. The standard InChI is InChI=1S/C14H20N4O3/c1-8-4-2-3-7-14(8,13(20)21)16-12(19)11-15-10(17-18-11)9-5-6-9/h8-9H,2-7H2,1H3,(H,16,19)(H,20,21)(H,15,17,18). The molecule has 2 unspecified atom stereocenters. The summed E-state index contributed by atoms with van der Waals surface area (Å²) < 4.78 is 0. The second kappa shape index (κ2) is 5.13. The van der Waals surface area contributed by atoms with Gasteiger partial charge in [0.05, 0.1) is 0 Å². The fourth-order valence-electron chi connectivity index (χ4n) is 3.08. The molecule has 2 atom stereocenters. The monoisotopic (exact) mass is 292 g/mol. The van der Waals surface area contributed by atoms with Gasteiger partial charge in [-0.1, -0.05) is 19.8 Å². The van der Waals surface area contributed by atoms with E-state index in [-0.39, 0.29) is 11.7 Å². The zero-order valence-electron chi connectivity index (χ0n) is 12.1. The Hall–Kier alpha value is -1.92. The van der Waals surface area contributed by atoms with Crippen molar-refractivity contribution in [1.82, 2.24) is 20.5 Å². The number of carboxylic acid groups (broad SMARTS) is 1. The molecule has 1 aromatic rings. The summed E-state index contributed by atoms with van der Waals surface area (Å²) in [5, 5.41) is 19.0. The number of hydrogen-bond donors (Lipinski definition) is 3. The van der Waals surface area contributed by atoms with E-state index in [1.165, 1.54) is 0 Å². The van der Waals surface area contributed by atoms with Gasteiger partial charge in [-0.05, 0) is 31.6 Å². The normalized spacial score (nSPS) is 29.1. The summed E-state index contributed by atoms with van der Waals surface area (Å²) in [5.74, 6) is -0.442. The van der Waals surface area contributed by atoms with Crippen LogP contribution in [0.4, 0.5) is 0 Å². The van der Waals surface area contributed by atoms with E-state index in [2.05, 4.69) is 20.5 Å². The van der Waals surface area contributed by atoms with Crippen LogP contribution in [-0.4, -0.2) is 37.7 Å². The van der Waals surface area contributed by atoms with Crippen LogP contribution >= 0.6 is 0 Å². The van der Waals surface area contributed by atoms with Crippen LogP contribution in [-0.2, 0) is 4.79 Å². The van der Waals surface area contributed by atoms with Crippen molar-refractivity contribution in [2.45, 2.75) is 56.9 Å². The van der Waals surface area contributed by atoms with Crippen LogP contribution in [0.2, 0.25) is 0 Å². The topological polar surface area (TPSA) is 108 Å². The van der Waals surface area contributed by atoms with E-state index in [4.69, 9.17) is 0 Å². The molecule has 0 aromatic carbocycles. The highest BCUT2D eigenvalue weighted by Gasteiger charge is 2.47. The van der Waals surface area contributed by atoms with E-state index >= 15 is 0 Å². The molecule has 0 bridgehead atoms. The number of H-pyrrole nitrogens is 1. The van der Waals surface area contributed by atoms with Gasteiger partial charge in [-0.2, -0.15) is 0 Å². The minimum Gasteiger partial charge on any atom is -0.479 e. The number of nitrogens with one attached hydrogen (secondary N) is 2. The number of carbonyl (C=O) groups excluding carboxylic acids is 1. The summed E-state index contributed by atoms with van der Waals surface area (Å²) in [4.78, 5) is 28.2. The maximum Gasteiger partial charge on any atom is 0.329 e. The van der Waals surface area contributed by atoms with Crippen LogP contribution in [0.1, 0.15) is 67.8 Å². The summed E-state index contributed by atoms with van der Waals surface area (Å²) in [7, 11) is 0. The highest BCUT2D eigenvalue weighted by molar-refractivity contribution is 5.95. The van der Waals surface area contributed by atoms with Crippen LogP contribution in [0.3, 0.4) is 0 Å². The lowest BCUT2D eigenvalue weighted by Crippen LogP contribution is -2.60. The number of carbonyl (C=O) groups is 2. The first-order valence-electron chi connectivity index (χ1n) is 7.51. The van der Waals surface area contributed by atoms with Gasteiger partial charge in [-0.3, -0.25) is 9.89 Å². The van der Waals surface area contributed by atoms with E-state index in [9.17, 15) is 14.7 Å². The molecule has 3 rings (SSSR count). The average Bonchev–Trinajstić information content (AvgIpc) is 3.18. The molecule has 3 N–H and O–H groups in total. The first kappa shape index (κ1) is 14.0. The Morgan fingerprint density at radius 1 is 1.33 bits per heavy atom. The van der Waals surface area contributed by atoms with E-state index in [0.29, 0.717) is 12.3 Å². The van der Waals surface area contributed by atoms with E-state index < -0.39 is 17.4 Å². The number of nitrogens with zero attached hydrogens (tertiary/aromatic N) is 2. The molecule has 1 amide bonds. The summed E-state index contributed by atoms with van der Waals surface area (Å²) >= 11 is 0. The number of carboxylic acids is 1. The van der Waals surface area contributed by atoms with E-state index in [0.717, 1.165) is 37.9 Å². The zero-order valence-corrected chi connectivity index (χ0v) is 12.1. The second-order valence-corrected chi connectivity index (χ2v) is 6.20. The molecule has 0 aliphatic heterocycles. The summed E-state index contributed by atoms with van der Waals surface area (Å²) in [6, 6.07) is 0. The maximum atomic E-state index is 12.3. The summed E-state index contributed by atoms with van der Waals surface area (Å²) in [5.41, 5.74) is -1.20. The molecule has 0 radical (unpaired) electrons. The van der Waals surface area contributed by atoms with E-state index in [1.807, 2.05) is 6.92 Å². The molecule has 0 spiro atoms. The molecular formula is C14H20N4O3. The van der Waals surface area contributed by atoms with Crippen molar-refractivity contribution in [3.8, 4) is 0 Å². The highest BCUT2D eigenvalue weighted by Crippen LogP contribution is 2.38. The van der Waals surface area contributed by atoms with Crippen LogP contribution in [0.5, 0.6) is 0 Å². The Morgan fingerprint density at radius 2 is 2.10 bits per heavy atom. The Kier molecular flexibility index (Phi) is 3.43. The van der Waals surface area contributed by atoms with Gasteiger partial charge >= 0.3 is 5.97 Å². The fourth-order valence-corrected chi connectivity index (χ4v) is 3.08. The molecule has 2 saturated carbocycles. The number of hydrogen-bond acceptors (Lipinski definition) is 4. The molecule has 2 aliphatic rings.